The fourth-order valence-corrected chi connectivity index (χ4v) is 11.2. The Kier molecular flexibility index (Phi) is 14.0. The molecule has 14 rings (SSSR count). The molecule has 0 saturated carbocycles. The van der Waals surface area contributed by atoms with Crippen molar-refractivity contribution in [3.8, 4) is 123 Å². The quantitative estimate of drug-likeness (QED) is 0.0957. The molecule has 0 aliphatic carbocycles. The van der Waals surface area contributed by atoms with E-state index in [-0.39, 0.29) is 20.1 Å². The molecular weight excluding hydrogens is 1160 g/mol. The zero-order valence-electron chi connectivity index (χ0n) is 43.9. The minimum atomic E-state index is 0. The molecule has 3 aromatic heterocycles. The average molecular weight is 1210 g/mol. The molecule has 0 atom stereocenters. The zero-order valence-corrected chi connectivity index (χ0v) is 46.3. The van der Waals surface area contributed by atoms with Gasteiger partial charge in [0, 0.05) is 24.2 Å². The van der Waals surface area contributed by atoms with Crippen LogP contribution in [0.4, 0.5) is 0 Å². The van der Waals surface area contributed by atoms with Crippen LogP contribution in [0.15, 0.2) is 292 Å². The van der Waals surface area contributed by atoms with Crippen LogP contribution in [0.2, 0.25) is 0 Å². The third kappa shape index (κ3) is 10.1. The van der Waals surface area contributed by atoms with E-state index in [9.17, 15) is 0 Å². The first kappa shape index (κ1) is 50.5. The molecule has 0 saturated heterocycles. The van der Waals surface area contributed by atoms with Crippen molar-refractivity contribution >= 4 is 21.5 Å². The number of hydrogen-bond donors (Lipinski definition) is 0. The molecule has 0 fully saturated rings. The van der Waals surface area contributed by atoms with Crippen molar-refractivity contribution in [2.24, 2.45) is 0 Å². The predicted octanol–water partition coefficient (Wildman–Crippen LogP) is 19.9. The molecule has 0 aliphatic heterocycles. The Labute approximate surface area is 486 Å². The molecule has 0 amide bonds. The van der Waals surface area contributed by atoms with Crippen LogP contribution in [0.3, 0.4) is 0 Å². The van der Waals surface area contributed by atoms with Crippen LogP contribution >= 0.6 is 0 Å². The van der Waals surface area contributed by atoms with Gasteiger partial charge in [-0.2, -0.15) is 0 Å². The number of pyridine rings is 3. The van der Waals surface area contributed by atoms with Crippen LogP contribution in [-0.4, -0.2) is 15.0 Å². The molecule has 3 heterocycles. The summed E-state index contributed by atoms with van der Waals surface area (Å²) >= 11 is 0. The Balaban J connectivity index is 0.00000618. The van der Waals surface area contributed by atoms with Gasteiger partial charge in [-0.25, -0.2) is 0 Å². The van der Waals surface area contributed by atoms with E-state index in [1.54, 1.807) is 0 Å². The summed E-state index contributed by atoms with van der Waals surface area (Å²) in [4.78, 5) is 15.2. The van der Waals surface area contributed by atoms with Gasteiger partial charge < -0.3 is 15.0 Å². The van der Waals surface area contributed by atoms with E-state index < -0.39 is 0 Å². The standard InChI is InChI=1S/C77H48N3.Ir/c1-4-19-52(20-5-1)56-26-18-27-59(43-56)77-48-73(58-37-40-71-57(44-58)36-35-53-21-10-11-28-65(53)71)74(51-80-77)72-34-17-16-33-70(72)64-46-62(68-31-14-12-29-66(68)60-38-41-75(78-49-60)54-22-6-2-7-23-54)45-63(47-64)69-32-15-13-30-67(69)61-39-42-76(79-50-61)55-24-8-3-9-25-55;/h1-22,24,26,28-51H;/q-3;+3. The summed E-state index contributed by atoms with van der Waals surface area (Å²) in [5, 5.41) is 4.86. The van der Waals surface area contributed by atoms with Crippen molar-refractivity contribution in [3.05, 3.63) is 310 Å². The molecule has 14 aromatic rings. The number of fused-ring (bicyclic) bond motifs is 3. The Morgan fingerprint density at radius 2 is 0.704 bits per heavy atom. The molecule has 380 valence electrons. The van der Waals surface area contributed by atoms with Gasteiger partial charge in [-0.05, 0) is 141 Å². The van der Waals surface area contributed by atoms with Gasteiger partial charge in [0.1, 0.15) is 0 Å². The summed E-state index contributed by atoms with van der Waals surface area (Å²) in [6.45, 7) is 0. The van der Waals surface area contributed by atoms with Crippen molar-refractivity contribution in [3.63, 3.8) is 0 Å². The smallest absolute Gasteiger partial charge is 0.304 e. The van der Waals surface area contributed by atoms with Crippen molar-refractivity contribution in [1.82, 2.24) is 15.0 Å². The Morgan fingerprint density at radius 1 is 0.222 bits per heavy atom. The van der Waals surface area contributed by atoms with Crippen molar-refractivity contribution in [2.45, 2.75) is 0 Å². The zero-order chi connectivity index (χ0) is 53.2. The van der Waals surface area contributed by atoms with Crippen molar-refractivity contribution in [1.29, 1.82) is 0 Å². The van der Waals surface area contributed by atoms with Crippen LogP contribution in [0.1, 0.15) is 0 Å². The van der Waals surface area contributed by atoms with Crippen LogP contribution in [-0.2, 0) is 20.1 Å². The minimum Gasteiger partial charge on any atom is -0.304 e. The fourth-order valence-electron chi connectivity index (χ4n) is 11.2. The molecule has 0 unspecified atom stereocenters. The van der Waals surface area contributed by atoms with Gasteiger partial charge in [-0.3, -0.25) is 0 Å². The maximum absolute atomic E-state index is 5.31. The minimum absolute atomic E-state index is 0. The first-order chi connectivity index (χ1) is 39.6. The van der Waals surface area contributed by atoms with E-state index in [0.29, 0.717) is 0 Å². The number of aromatic nitrogens is 3. The Hall–Kier alpha value is -9.96. The van der Waals surface area contributed by atoms with Gasteiger partial charge in [0.15, 0.2) is 0 Å². The third-order valence-electron chi connectivity index (χ3n) is 15.2. The van der Waals surface area contributed by atoms with Crippen molar-refractivity contribution < 1.29 is 20.1 Å². The molecule has 0 bridgehead atoms. The summed E-state index contributed by atoms with van der Waals surface area (Å²) in [6.07, 6.45) is 6.04. The topological polar surface area (TPSA) is 38.7 Å². The third-order valence-corrected chi connectivity index (χ3v) is 15.2. The van der Waals surface area contributed by atoms with Gasteiger partial charge >= 0.3 is 20.1 Å². The van der Waals surface area contributed by atoms with Gasteiger partial charge in [-0.15, -0.1) is 107 Å². The molecule has 0 aliphatic rings. The molecule has 4 heteroatoms. The number of hydrogen-bond acceptors (Lipinski definition) is 3. The van der Waals surface area contributed by atoms with Gasteiger partial charge in [0.2, 0.25) is 0 Å². The van der Waals surface area contributed by atoms with E-state index in [4.69, 9.17) is 15.0 Å². The maximum atomic E-state index is 5.31. The first-order valence-corrected chi connectivity index (χ1v) is 27.0. The SMILES string of the molecule is [Ir+3].[c-]1ccccc1-c1ccc(-c2ccccc2-c2cc(-c3ccccc3-c3ccc(-c4[c-]cccc4)nc3)cc(-c3ccccc3-c3cnc(-c4[c-]ccc(-c5ccccc5)c4)cc3-c3ccc4c(ccc5ccccc54)c3)c2)cn1. The molecule has 0 radical (unpaired) electrons. The second-order valence-corrected chi connectivity index (χ2v) is 20.0. The predicted molar refractivity (Wildman–Crippen MR) is 331 cm³/mol. The molecule has 0 N–H and O–H groups in total. The second kappa shape index (κ2) is 22.4. The van der Waals surface area contributed by atoms with Crippen LogP contribution in [0.25, 0.3) is 144 Å². The summed E-state index contributed by atoms with van der Waals surface area (Å²) < 4.78 is 0. The monoisotopic (exact) mass is 1210 g/mol. The second-order valence-electron chi connectivity index (χ2n) is 20.0. The number of benzene rings is 11. The fraction of sp³-hybridized carbons (Fsp3) is 0. The van der Waals surface area contributed by atoms with E-state index in [2.05, 4.69) is 243 Å². The van der Waals surface area contributed by atoms with Gasteiger partial charge in [0.05, 0.1) is 0 Å². The van der Waals surface area contributed by atoms with Crippen molar-refractivity contribution in [2.75, 3.05) is 0 Å². The van der Waals surface area contributed by atoms with E-state index in [1.165, 1.54) is 21.5 Å². The summed E-state index contributed by atoms with van der Waals surface area (Å²) in [6, 6.07) is 107. The van der Waals surface area contributed by atoms with E-state index in [1.807, 2.05) is 67.0 Å². The normalized spacial score (nSPS) is 11.1. The summed E-state index contributed by atoms with van der Waals surface area (Å²) in [7, 11) is 0. The van der Waals surface area contributed by atoms with E-state index in [0.717, 1.165) is 123 Å². The average Bonchev–Trinajstić information content (AvgIpc) is 3.55. The first-order valence-electron chi connectivity index (χ1n) is 27.0. The molecule has 81 heavy (non-hydrogen) atoms. The molecule has 3 nitrogen and oxygen atoms in total. The van der Waals surface area contributed by atoms with E-state index >= 15 is 0 Å². The Bertz CT molecular complexity index is 4410. The molecular formula is C77H48IrN3. The van der Waals surface area contributed by atoms with Crippen LogP contribution in [0.5, 0.6) is 0 Å². The van der Waals surface area contributed by atoms with Gasteiger partial charge in [-0.1, -0.05) is 182 Å². The summed E-state index contributed by atoms with van der Waals surface area (Å²) in [5.41, 5.74) is 22.8. The van der Waals surface area contributed by atoms with Gasteiger partial charge in [0.25, 0.3) is 0 Å². The molecule has 11 aromatic carbocycles. The maximum Gasteiger partial charge on any atom is 3.00 e. The summed E-state index contributed by atoms with van der Waals surface area (Å²) in [5.74, 6) is 0. The van der Waals surface area contributed by atoms with Crippen LogP contribution < -0.4 is 0 Å². The Morgan fingerprint density at radius 3 is 1.28 bits per heavy atom. The molecule has 0 spiro atoms. The number of nitrogens with zero attached hydrogens (tertiary/aromatic N) is 3. The largest absolute Gasteiger partial charge is 3.00 e. The van der Waals surface area contributed by atoms with Crippen LogP contribution in [0, 0.1) is 18.2 Å². The number of rotatable bonds is 11.